The first kappa shape index (κ1) is 22.4. The third-order valence-electron chi connectivity index (χ3n) is 5.02. The van der Waals surface area contributed by atoms with Gasteiger partial charge in [-0.25, -0.2) is 0 Å². The molecule has 0 aromatic carbocycles. The van der Waals surface area contributed by atoms with Gasteiger partial charge >= 0.3 is 0 Å². The Labute approximate surface area is 168 Å². The lowest BCUT2D eigenvalue weighted by atomic mass is 10.1. The molecule has 1 aliphatic heterocycles. The SMILES string of the molecule is CCCCCCCCCC(=O)N(CC(=O)Nc1cc(C)on1)CC1CCCO1. The van der Waals surface area contributed by atoms with Crippen molar-refractivity contribution in [2.45, 2.75) is 84.2 Å². The summed E-state index contributed by atoms with van der Waals surface area (Å²) in [5.41, 5.74) is 0. The van der Waals surface area contributed by atoms with E-state index in [0.717, 1.165) is 32.3 Å². The largest absolute Gasteiger partial charge is 0.376 e. The highest BCUT2D eigenvalue weighted by atomic mass is 16.5. The van der Waals surface area contributed by atoms with E-state index in [1.807, 2.05) is 0 Å². The molecule has 1 aliphatic rings. The van der Waals surface area contributed by atoms with Gasteiger partial charge in [0.05, 0.1) is 12.6 Å². The van der Waals surface area contributed by atoms with Crippen LogP contribution in [0.25, 0.3) is 0 Å². The quantitative estimate of drug-likeness (QED) is 0.511. The lowest BCUT2D eigenvalue weighted by molar-refractivity contribution is -0.136. The molecular weight excluding hydrogens is 358 g/mol. The van der Waals surface area contributed by atoms with Crippen LogP contribution < -0.4 is 5.32 Å². The third kappa shape index (κ3) is 8.42. The van der Waals surface area contributed by atoms with E-state index < -0.39 is 0 Å². The zero-order valence-electron chi connectivity index (χ0n) is 17.4. The maximum absolute atomic E-state index is 12.7. The highest BCUT2D eigenvalue weighted by Gasteiger charge is 2.24. The highest BCUT2D eigenvalue weighted by molar-refractivity contribution is 5.93. The molecule has 1 N–H and O–H groups in total. The number of rotatable bonds is 13. The molecule has 28 heavy (non-hydrogen) atoms. The van der Waals surface area contributed by atoms with Crippen LogP contribution in [0.3, 0.4) is 0 Å². The van der Waals surface area contributed by atoms with Crippen molar-refractivity contribution in [1.29, 1.82) is 0 Å². The summed E-state index contributed by atoms with van der Waals surface area (Å²) in [5.74, 6) is 0.760. The van der Waals surface area contributed by atoms with E-state index in [-0.39, 0.29) is 24.5 Å². The number of aryl methyl sites for hydroxylation is 1. The van der Waals surface area contributed by atoms with Crippen LogP contribution in [0.2, 0.25) is 0 Å². The summed E-state index contributed by atoms with van der Waals surface area (Å²) in [6.07, 6.45) is 10.6. The fourth-order valence-electron chi connectivity index (χ4n) is 3.46. The Morgan fingerprint density at radius 1 is 1.21 bits per heavy atom. The van der Waals surface area contributed by atoms with Crippen molar-refractivity contribution < 1.29 is 18.8 Å². The molecule has 1 aromatic heterocycles. The number of nitrogens with zero attached hydrogens (tertiary/aromatic N) is 2. The Bertz CT molecular complexity index is 596. The number of anilines is 1. The molecule has 1 saturated heterocycles. The second-order valence-corrected chi connectivity index (χ2v) is 7.65. The molecule has 158 valence electrons. The summed E-state index contributed by atoms with van der Waals surface area (Å²) in [6.45, 7) is 5.19. The van der Waals surface area contributed by atoms with Gasteiger partial charge in [-0.05, 0) is 26.2 Å². The van der Waals surface area contributed by atoms with Gasteiger partial charge < -0.3 is 19.5 Å². The molecule has 0 bridgehead atoms. The molecule has 0 spiro atoms. The third-order valence-corrected chi connectivity index (χ3v) is 5.02. The minimum absolute atomic E-state index is 0.0150. The maximum atomic E-state index is 12.7. The van der Waals surface area contributed by atoms with Crippen LogP contribution in [0.1, 0.15) is 76.9 Å². The number of carbonyl (C=O) groups excluding carboxylic acids is 2. The van der Waals surface area contributed by atoms with Crippen molar-refractivity contribution in [2.75, 3.05) is 25.0 Å². The predicted molar refractivity (Wildman–Crippen MR) is 108 cm³/mol. The zero-order chi connectivity index (χ0) is 20.2. The Kier molecular flexibility index (Phi) is 10.0. The summed E-state index contributed by atoms with van der Waals surface area (Å²) < 4.78 is 10.6. The fraction of sp³-hybridized carbons (Fsp3) is 0.762. The molecule has 0 saturated carbocycles. The number of amides is 2. The van der Waals surface area contributed by atoms with Crippen LogP contribution in [0.5, 0.6) is 0 Å². The second kappa shape index (κ2) is 12.5. The number of nitrogens with one attached hydrogen (secondary N) is 1. The Balaban J connectivity index is 1.78. The van der Waals surface area contributed by atoms with E-state index in [1.165, 1.54) is 32.1 Å². The number of hydrogen-bond acceptors (Lipinski definition) is 5. The van der Waals surface area contributed by atoms with Gasteiger partial charge in [0.25, 0.3) is 0 Å². The molecule has 2 rings (SSSR count). The minimum Gasteiger partial charge on any atom is -0.376 e. The normalized spacial score (nSPS) is 16.3. The monoisotopic (exact) mass is 393 g/mol. The van der Waals surface area contributed by atoms with E-state index in [0.29, 0.717) is 24.5 Å². The van der Waals surface area contributed by atoms with E-state index in [4.69, 9.17) is 9.26 Å². The number of ether oxygens (including phenoxy) is 1. The summed E-state index contributed by atoms with van der Waals surface area (Å²) in [7, 11) is 0. The van der Waals surface area contributed by atoms with Gasteiger partial charge in [0.15, 0.2) is 5.82 Å². The molecular formula is C21H35N3O4. The van der Waals surface area contributed by atoms with E-state index in [2.05, 4.69) is 17.4 Å². The lowest BCUT2D eigenvalue weighted by Gasteiger charge is -2.25. The van der Waals surface area contributed by atoms with Gasteiger partial charge in [0.2, 0.25) is 11.8 Å². The molecule has 0 radical (unpaired) electrons. The van der Waals surface area contributed by atoms with Gasteiger partial charge in [-0.1, -0.05) is 50.6 Å². The van der Waals surface area contributed by atoms with Gasteiger partial charge in [-0.2, -0.15) is 0 Å². The van der Waals surface area contributed by atoms with Gasteiger partial charge in [-0.3, -0.25) is 9.59 Å². The van der Waals surface area contributed by atoms with Crippen LogP contribution in [0, 0.1) is 6.92 Å². The van der Waals surface area contributed by atoms with Crippen molar-refractivity contribution in [3.63, 3.8) is 0 Å². The van der Waals surface area contributed by atoms with Crippen LogP contribution >= 0.6 is 0 Å². The average molecular weight is 394 g/mol. The van der Waals surface area contributed by atoms with E-state index in [9.17, 15) is 9.59 Å². The molecule has 2 amide bonds. The first-order chi connectivity index (χ1) is 13.6. The van der Waals surface area contributed by atoms with Crippen LogP contribution in [-0.4, -0.2) is 47.7 Å². The van der Waals surface area contributed by atoms with Crippen LogP contribution in [0.4, 0.5) is 5.82 Å². The molecule has 1 aromatic rings. The van der Waals surface area contributed by atoms with Crippen molar-refractivity contribution in [3.8, 4) is 0 Å². The van der Waals surface area contributed by atoms with E-state index >= 15 is 0 Å². The maximum Gasteiger partial charge on any atom is 0.245 e. The molecule has 2 heterocycles. The molecule has 1 atom stereocenters. The highest BCUT2D eigenvalue weighted by Crippen LogP contribution is 2.16. The second-order valence-electron chi connectivity index (χ2n) is 7.65. The Morgan fingerprint density at radius 2 is 1.96 bits per heavy atom. The van der Waals surface area contributed by atoms with Gasteiger partial charge in [0.1, 0.15) is 5.76 Å². The Hall–Kier alpha value is -1.89. The van der Waals surface area contributed by atoms with Crippen molar-refractivity contribution in [3.05, 3.63) is 11.8 Å². The van der Waals surface area contributed by atoms with Crippen molar-refractivity contribution in [1.82, 2.24) is 10.1 Å². The van der Waals surface area contributed by atoms with Crippen molar-refractivity contribution in [2.24, 2.45) is 0 Å². The summed E-state index contributed by atoms with van der Waals surface area (Å²) in [5, 5.41) is 6.46. The van der Waals surface area contributed by atoms with Gasteiger partial charge in [0, 0.05) is 25.6 Å². The standard InChI is InChI=1S/C21H35N3O4/c1-3-4-5-6-7-8-9-12-21(26)24(15-18-11-10-13-27-18)16-20(25)22-19-14-17(2)28-23-19/h14,18H,3-13,15-16H2,1-2H3,(H,22,23,25). The van der Waals surface area contributed by atoms with Crippen LogP contribution in [-0.2, 0) is 14.3 Å². The smallest absolute Gasteiger partial charge is 0.245 e. The number of aromatic nitrogens is 1. The van der Waals surface area contributed by atoms with E-state index in [1.54, 1.807) is 17.9 Å². The topological polar surface area (TPSA) is 84.7 Å². The average Bonchev–Trinajstić information content (AvgIpc) is 3.32. The number of hydrogen-bond donors (Lipinski definition) is 1. The summed E-state index contributed by atoms with van der Waals surface area (Å²) in [4.78, 5) is 26.7. The number of carbonyl (C=O) groups is 2. The van der Waals surface area contributed by atoms with Crippen LogP contribution in [0.15, 0.2) is 10.6 Å². The lowest BCUT2D eigenvalue weighted by Crippen LogP contribution is -2.42. The number of unbranched alkanes of at least 4 members (excludes halogenated alkanes) is 6. The molecule has 1 unspecified atom stereocenters. The minimum atomic E-state index is -0.265. The Morgan fingerprint density at radius 3 is 2.61 bits per heavy atom. The first-order valence-corrected chi connectivity index (χ1v) is 10.7. The summed E-state index contributed by atoms with van der Waals surface area (Å²) in [6, 6.07) is 1.66. The van der Waals surface area contributed by atoms with Crippen molar-refractivity contribution >= 4 is 17.6 Å². The molecule has 0 aliphatic carbocycles. The summed E-state index contributed by atoms with van der Waals surface area (Å²) >= 11 is 0. The molecule has 7 nitrogen and oxygen atoms in total. The fourth-order valence-corrected chi connectivity index (χ4v) is 3.46. The molecule has 7 heteroatoms. The van der Waals surface area contributed by atoms with Gasteiger partial charge in [-0.15, -0.1) is 0 Å². The molecule has 1 fully saturated rings. The predicted octanol–water partition coefficient (Wildman–Crippen LogP) is 4.07. The first-order valence-electron chi connectivity index (χ1n) is 10.7. The zero-order valence-corrected chi connectivity index (χ0v) is 17.4.